The van der Waals surface area contributed by atoms with Gasteiger partial charge in [0.25, 0.3) is 10.0 Å². The Morgan fingerprint density at radius 3 is 2.48 bits per heavy atom. The van der Waals surface area contributed by atoms with Crippen LogP contribution in [0.4, 0.5) is 5.69 Å². The highest BCUT2D eigenvalue weighted by molar-refractivity contribution is 7.92. The zero-order valence-electron chi connectivity index (χ0n) is 17.5. The number of carbonyl (C=O) groups is 1. The Balaban J connectivity index is 1.57. The summed E-state index contributed by atoms with van der Waals surface area (Å²) in [4.78, 5) is 17.0. The number of rotatable bonds is 8. The van der Waals surface area contributed by atoms with Crippen molar-refractivity contribution in [2.75, 3.05) is 10.8 Å². The first-order valence-corrected chi connectivity index (χ1v) is 11.9. The van der Waals surface area contributed by atoms with E-state index in [1.165, 1.54) is 18.2 Å². The number of nitrogens with zero attached hydrogens (tertiary/aromatic N) is 3. The quantitative estimate of drug-likeness (QED) is 0.412. The molecule has 33 heavy (non-hydrogen) atoms. The molecule has 0 unspecified atom stereocenters. The number of nitrogens with one attached hydrogen (secondary N) is 1. The van der Waals surface area contributed by atoms with Crippen molar-refractivity contribution >= 4 is 33.2 Å². The molecule has 168 valence electrons. The predicted molar refractivity (Wildman–Crippen MR) is 128 cm³/mol. The lowest BCUT2D eigenvalue weighted by molar-refractivity contribution is -0.119. The van der Waals surface area contributed by atoms with Crippen LogP contribution in [-0.2, 0) is 21.4 Å². The topological polar surface area (TPSA) is 84.3 Å². The van der Waals surface area contributed by atoms with Crippen molar-refractivity contribution in [3.63, 3.8) is 0 Å². The van der Waals surface area contributed by atoms with Gasteiger partial charge >= 0.3 is 0 Å². The number of amides is 1. The molecule has 4 aromatic rings. The van der Waals surface area contributed by atoms with Crippen molar-refractivity contribution in [2.45, 2.75) is 11.4 Å². The minimum Gasteiger partial charge on any atom is -0.350 e. The van der Waals surface area contributed by atoms with Gasteiger partial charge in [0.05, 0.1) is 22.6 Å². The number of imidazole rings is 1. The summed E-state index contributed by atoms with van der Waals surface area (Å²) in [5, 5.41) is 3.20. The molecule has 9 heteroatoms. The molecule has 1 amide bonds. The molecule has 0 aliphatic rings. The maximum Gasteiger partial charge on any atom is 0.264 e. The molecule has 0 bridgehead atoms. The van der Waals surface area contributed by atoms with E-state index in [4.69, 9.17) is 11.6 Å². The average molecular weight is 481 g/mol. The summed E-state index contributed by atoms with van der Waals surface area (Å²) in [6.45, 7) is -0.174. The number of hydrogen-bond donors (Lipinski definition) is 1. The number of halogens is 1. The molecule has 0 aliphatic heterocycles. The van der Waals surface area contributed by atoms with Gasteiger partial charge in [0.1, 0.15) is 6.54 Å². The van der Waals surface area contributed by atoms with Crippen LogP contribution < -0.4 is 9.62 Å². The smallest absolute Gasteiger partial charge is 0.264 e. The Labute approximate surface area is 197 Å². The van der Waals surface area contributed by atoms with E-state index in [-0.39, 0.29) is 11.4 Å². The number of carbonyl (C=O) groups excluding carboxylic acids is 1. The molecular weight excluding hydrogens is 460 g/mol. The van der Waals surface area contributed by atoms with E-state index in [0.29, 0.717) is 10.7 Å². The van der Waals surface area contributed by atoms with Gasteiger partial charge in [0, 0.05) is 24.0 Å². The molecule has 1 heterocycles. The van der Waals surface area contributed by atoms with E-state index in [0.717, 1.165) is 15.6 Å². The predicted octanol–water partition coefficient (Wildman–Crippen LogP) is 4.04. The van der Waals surface area contributed by atoms with E-state index >= 15 is 0 Å². The maximum absolute atomic E-state index is 13.4. The summed E-state index contributed by atoms with van der Waals surface area (Å²) in [7, 11) is -3.99. The van der Waals surface area contributed by atoms with Crippen LogP contribution in [0.5, 0.6) is 0 Å². The van der Waals surface area contributed by atoms with Gasteiger partial charge in [0.2, 0.25) is 5.91 Å². The van der Waals surface area contributed by atoms with Gasteiger partial charge < -0.3 is 9.88 Å². The van der Waals surface area contributed by atoms with Crippen LogP contribution in [0, 0.1) is 0 Å². The number of anilines is 1. The Bertz CT molecular complexity index is 1340. The molecule has 0 fully saturated rings. The third-order valence-corrected chi connectivity index (χ3v) is 6.99. The van der Waals surface area contributed by atoms with Gasteiger partial charge in [-0.2, -0.15) is 0 Å². The lowest BCUT2D eigenvalue weighted by Crippen LogP contribution is -2.40. The van der Waals surface area contributed by atoms with Crippen molar-refractivity contribution in [3.05, 3.63) is 108 Å². The molecule has 1 N–H and O–H groups in total. The third kappa shape index (κ3) is 5.24. The lowest BCUT2D eigenvalue weighted by Gasteiger charge is -2.24. The second kappa shape index (κ2) is 9.89. The third-order valence-electron chi connectivity index (χ3n) is 4.96. The molecule has 0 aliphatic carbocycles. The highest BCUT2D eigenvalue weighted by Gasteiger charge is 2.27. The van der Waals surface area contributed by atoms with Crippen molar-refractivity contribution in [3.8, 4) is 5.69 Å². The Kier molecular flexibility index (Phi) is 6.76. The van der Waals surface area contributed by atoms with Gasteiger partial charge in [-0.1, -0.05) is 54.1 Å². The van der Waals surface area contributed by atoms with Gasteiger partial charge in [0.15, 0.2) is 0 Å². The largest absolute Gasteiger partial charge is 0.350 e. The Morgan fingerprint density at radius 2 is 1.76 bits per heavy atom. The van der Waals surface area contributed by atoms with Crippen LogP contribution in [0.1, 0.15) is 5.56 Å². The van der Waals surface area contributed by atoms with Crippen molar-refractivity contribution in [1.82, 2.24) is 14.9 Å². The van der Waals surface area contributed by atoms with Crippen molar-refractivity contribution < 1.29 is 13.2 Å². The highest BCUT2D eigenvalue weighted by atomic mass is 35.5. The molecule has 0 radical (unpaired) electrons. The lowest BCUT2D eigenvalue weighted by atomic mass is 10.1. The maximum atomic E-state index is 13.4. The van der Waals surface area contributed by atoms with E-state index in [1.807, 2.05) is 35.0 Å². The number of benzene rings is 3. The monoisotopic (exact) mass is 480 g/mol. The van der Waals surface area contributed by atoms with Crippen LogP contribution in [0.2, 0.25) is 5.02 Å². The summed E-state index contributed by atoms with van der Waals surface area (Å²) in [5.41, 5.74) is 2.04. The molecule has 7 nitrogen and oxygen atoms in total. The molecule has 0 spiro atoms. The van der Waals surface area contributed by atoms with E-state index in [2.05, 4.69) is 10.3 Å². The standard InChI is InChI=1S/C24H21ClN4O3S/c25-20-8-6-9-21(15-20)29(33(31,32)22-10-2-1-3-11-22)17-24(30)27-16-19-7-4-5-12-23(19)28-14-13-26-18-28/h1-15,18H,16-17H2,(H,27,30). The first-order valence-electron chi connectivity index (χ1n) is 10.1. The SMILES string of the molecule is O=C(CN(c1cccc(Cl)c1)S(=O)(=O)c1ccccc1)NCc1ccccc1-n1ccnc1. The fourth-order valence-electron chi connectivity index (χ4n) is 3.36. The van der Waals surface area contributed by atoms with E-state index < -0.39 is 22.5 Å². The molecule has 4 rings (SSSR count). The Morgan fingerprint density at radius 1 is 1.00 bits per heavy atom. The minimum atomic E-state index is -3.99. The summed E-state index contributed by atoms with van der Waals surface area (Å²) < 4.78 is 29.6. The Hall–Kier alpha value is -3.62. The minimum absolute atomic E-state index is 0.0863. The van der Waals surface area contributed by atoms with Gasteiger partial charge in [-0.05, 0) is 42.0 Å². The van der Waals surface area contributed by atoms with Crippen LogP contribution in [0.15, 0.2) is 102 Å². The van der Waals surface area contributed by atoms with Crippen molar-refractivity contribution in [1.29, 1.82) is 0 Å². The van der Waals surface area contributed by atoms with Gasteiger partial charge in [-0.3, -0.25) is 9.10 Å². The fourth-order valence-corrected chi connectivity index (χ4v) is 4.98. The first-order chi connectivity index (χ1) is 15.9. The molecule has 3 aromatic carbocycles. The molecule has 0 saturated carbocycles. The summed E-state index contributed by atoms with van der Waals surface area (Å²) in [6, 6.07) is 22.0. The van der Waals surface area contributed by atoms with Crippen molar-refractivity contribution in [2.24, 2.45) is 0 Å². The van der Waals surface area contributed by atoms with E-state index in [9.17, 15) is 13.2 Å². The van der Waals surface area contributed by atoms with Gasteiger partial charge in [-0.15, -0.1) is 0 Å². The highest BCUT2D eigenvalue weighted by Crippen LogP contribution is 2.26. The average Bonchev–Trinajstić information content (AvgIpc) is 3.37. The number of para-hydroxylation sites is 1. The van der Waals surface area contributed by atoms with Crippen LogP contribution in [0.3, 0.4) is 0 Å². The zero-order valence-corrected chi connectivity index (χ0v) is 19.1. The second-order valence-corrected chi connectivity index (χ2v) is 9.48. The first kappa shape index (κ1) is 22.6. The molecule has 1 aromatic heterocycles. The van der Waals surface area contributed by atoms with Crippen LogP contribution >= 0.6 is 11.6 Å². The summed E-state index contributed by atoms with van der Waals surface area (Å²) in [5.74, 6) is -0.449. The fraction of sp³-hybridized carbons (Fsp3) is 0.0833. The van der Waals surface area contributed by atoms with Gasteiger partial charge in [-0.25, -0.2) is 13.4 Å². The zero-order chi connectivity index (χ0) is 23.3. The second-order valence-electron chi connectivity index (χ2n) is 7.18. The van der Waals surface area contributed by atoms with E-state index in [1.54, 1.807) is 48.9 Å². The number of hydrogen-bond acceptors (Lipinski definition) is 4. The summed E-state index contributed by atoms with van der Waals surface area (Å²) in [6.07, 6.45) is 5.16. The molecule has 0 atom stereocenters. The molecule has 0 saturated heterocycles. The number of aromatic nitrogens is 2. The van der Waals surface area contributed by atoms with Crippen LogP contribution in [0.25, 0.3) is 5.69 Å². The number of sulfonamides is 1. The normalized spacial score (nSPS) is 11.2. The van der Waals surface area contributed by atoms with Crippen LogP contribution in [-0.4, -0.2) is 30.4 Å². The molecular formula is C24H21ClN4O3S. The summed E-state index contributed by atoms with van der Waals surface area (Å²) >= 11 is 6.10.